The summed E-state index contributed by atoms with van der Waals surface area (Å²) >= 11 is 0. The first kappa shape index (κ1) is 16.7. The van der Waals surface area contributed by atoms with E-state index in [2.05, 4.69) is 11.9 Å². The van der Waals surface area contributed by atoms with Crippen LogP contribution in [0.2, 0.25) is 0 Å². The Kier molecular flexibility index (Phi) is 5.00. The van der Waals surface area contributed by atoms with Gasteiger partial charge in [-0.25, -0.2) is 0 Å². The van der Waals surface area contributed by atoms with Crippen molar-refractivity contribution in [1.29, 1.82) is 0 Å². The van der Waals surface area contributed by atoms with E-state index in [1.54, 1.807) is 10.8 Å². The fourth-order valence-corrected chi connectivity index (χ4v) is 3.40. The maximum atomic E-state index is 12.5. The summed E-state index contributed by atoms with van der Waals surface area (Å²) in [5.74, 6) is 0.0377. The molecule has 0 bridgehead atoms. The van der Waals surface area contributed by atoms with Gasteiger partial charge in [0.05, 0.1) is 5.52 Å². The number of para-hydroxylation sites is 1. The van der Waals surface area contributed by atoms with E-state index in [-0.39, 0.29) is 24.7 Å². The highest BCUT2D eigenvalue weighted by Gasteiger charge is 2.24. The first-order chi connectivity index (χ1) is 11.6. The van der Waals surface area contributed by atoms with Crippen molar-refractivity contribution < 1.29 is 9.59 Å². The normalized spacial score (nSPS) is 16.4. The van der Waals surface area contributed by atoms with Crippen LogP contribution < -0.4 is 0 Å². The van der Waals surface area contributed by atoms with Crippen LogP contribution in [0.1, 0.15) is 30.5 Å². The molecule has 2 aromatic rings. The van der Waals surface area contributed by atoms with Gasteiger partial charge in [0, 0.05) is 37.5 Å². The summed E-state index contributed by atoms with van der Waals surface area (Å²) in [6.07, 6.45) is 4.32. The zero-order valence-electron chi connectivity index (χ0n) is 14.4. The number of carbonyl (C=O) groups is 2. The van der Waals surface area contributed by atoms with Crippen molar-refractivity contribution in [2.24, 2.45) is 0 Å². The van der Waals surface area contributed by atoms with Crippen LogP contribution in [0.5, 0.6) is 0 Å². The molecule has 5 nitrogen and oxygen atoms in total. The number of hydrogen-bond acceptors (Lipinski definition) is 3. The average Bonchev–Trinajstić information content (AvgIpc) is 3.03. The Morgan fingerprint density at radius 2 is 1.83 bits per heavy atom. The minimum absolute atomic E-state index is 0.0265. The first-order valence-corrected chi connectivity index (χ1v) is 8.60. The minimum atomic E-state index is -0.0265. The SMILES string of the molecule is CN1CCC(N(C)C(=O)CCC(=O)n2ccc3ccccc32)CC1. The number of nitrogens with zero attached hydrogens (tertiary/aromatic N) is 3. The molecule has 1 aromatic heterocycles. The number of benzene rings is 1. The number of aromatic nitrogens is 1. The largest absolute Gasteiger partial charge is 0.343 e. The summed E-state index contributed by atoms with van der Waals surface area (Å²) in [6.45, 7) is 2.05. The van der Waals surface area contributed by atoms with E-state index in [4.69, 9.17) is 0 Å². The highest BCUT2D eigenvalue weighted by Crippen LogP contribution is 2.18. The van der Waals surface area contributed by atoms with Gasteiger partial charge in [0.2, 0.25) is 11.8 Å². The molecule has 0 spiro atoms. The molecule has 1 amide bonds. The quantitative estimate of drug-likeness (QED) is 0.867. The van der Waals surface area contributed by atoms with Crippen LogP contribution in [0.25, 0.3) is 10.9 Å². The van der Waals surface area contributed by atoms with Gasteiger partial charge in [-0.1, -0.05) is 18.2 Å². The number of hydrogen-bond donors (Lipinski definition) is 0. The van der Waals surface area contributed by atoms with Crippen LogP contribution in [-0.4, -0.2) is 59.4 Å². The van der Waals surface area contributed by atoms with Crippen molar-refractivity contribution in [1.82, 2.24) is 14.4 Å². The van der Waals surface area contributed by atoms with E-state index >= 15 is 0 Å². The van der Waals surface area contributed by atoms with E-state index in [1.165, 1.54) is 0 Å². The van der Waals surface area contributed by atoms with Crippen LogP contribution >= 0.6 is 0 Å². The molecule has 1 aliphatic heterocycles. The monoisotopic (exact) mass is 327 g/mol. The van der Waals surface area contributed by atoms with E-state index < -0.39 is 0 Å². The molecule has 0 saturated carbocycles. The average molecular weight is 327 g/mol. The van der Waals surface area contributed by atoms with Crippen molar-refractivity contribution in [2.45, 2.75) is 31.7 Å². The lowest BCUT2D eigenvalue weighted by Crippen LogP contribution is -2.44. The maximum Gasteiger partial charge on any atom is 0.231 e. The fourth-order valence-electron chi connectivity index (χ4n) is 3.40. The van der Waals surface area contributed by atoms with Crippen molar-refractivity contribution in [3.05, 3.63) is 36.5 Å². The highest BCUT2D eigenvalue weighted by atomic mass is 16.2. The second-order valence-corrected chi connectivity index (χ2v) is 6.68. The standard InChI is InChI=1S/C19H25N3O2/c1-20-12-10-16(11-13-20)21(2)18(23)7-8-19(24)22-14-9-15-5-3-4-6-17(15)22/h3-6,9,14,16H,7-8,10-13H2,1-2H3. The molecule has 0 N–H and O–H groups in total. The van der Waals surface area contributed by atoms with Gasteiger partial charge in [-0.15, -0.1) is 0 Å². The van der Waals surface area contributed by atoms with Gasteiger partial charge < -0.3 is 9.80 Å². The zero-order valence-corrected chi connectivity index (χ0v) is 14.4. The van der Waals surface area contributed by atoms with Gasteiger partial charge in [-0.05, 0) is 45.1 Å². The van der Waals surface area contributed by atoms with Crippen molar-refractivity contribution >= 4 is 22.7 Å². The number of piperidine rings is 1. The van der Waals surface area contributed by atoms with Gasteiger partial charge in [0.1, 0.15) is 0 Å². The van der Waals surface area contributed by atoms with E-state index in [0.29, 0.717) is 6.04 Å². The Balaban J connectivity index is 1.56. The lowest BCUT2D eigenvalue weighted by molar-refractivity contribution is -0.132. The smallest absolute Gasteiger partial charge is 0.231 e. The molecule has 1 fully saturated rings. The fraction of sp³-hybridized carbons (Fsp3) is 0.474. The summed E-state index contributed by atoms with van der Waals surface area (Å²) in [6, 6.07) is 10.0. The number of amides is 1. The van der Waals surface area contributed by atoms with Crippen LogP contribution in [0.4, 0.5) is 0 Å². The number of carbonyl (C=O) groups excluding carboxylic acids is 2. The number of likely N-dealkylation sites (tertiary alicyclic amines) is 1. The topological polar surface area (TPSA) is 45.6 Å². The predicted octanol–water partition coefficient (Wildman–Crippen LogP) is 2.61. The maximum absolute atomic E-state index is 12.5. The molecule has 0 aliphatic carbocycles. The van der Waals surface area contributed by atoms with Crippen LogP contribution in [0, 0.1) is 0 Å². The van der Waals surface area contributed by atoms with Gasteiger partial charge in [-0.2, -0.15) is 0 Å². The Bertz CT molecular complexity index is 729. The lowest BCUT2D eigenvalue weighted by Gasteiger charge is -2.35. The summed E-state index contributed by atoms with van der Waals surface area (Å²) in [7, 11) is 3.98. The zero-order chi connectivity index (χ0) is 17.1. The van der Waals surface area contributed by atoms with E-state index in [9.17, 15) is 9.59 Å². The summed E-state index contributed by atoms with van der Waals surface area (Å²) in [4.78, 5) is 29.0. The molecule has 1 saturated heterocycles. The van der Waals surface area contributed by atoms with Gasteiger partial charge in [0.25, 0.3) is 0 Å². The van der Waals surface area contributed by atoms with Gasteiger partial charge in [-0.3, -0.25) is 14.2 Å². The summed E-state index contributed by atoms with van der Waals surface area (Å²) in [5, 5.41) is 1.04. The molecule has 0 unspecified atom stereocenters. The van der Waals surface area contributed by atoms with Gasteiger partial charge >= 0.3 is 0 Å². The second-order valence-electron chi connectivity index (χ2n) is 6.68. The van der Waals surface area contributed by atoms with E-state index in [0.717, 1.165) is 36.8 Å². The van der Waals surface area contributed by atoms with Crippen molar-refractivity contribution in [2.75, 3.05) is 27.2 Å². The Hall–Kier alpha value is -2.14. The molecule has 24 heavy (non-hydrogen) atoms. The summed E-state index contributed by atoms with van der Waals surface area (Å²) < 4.78 is 1.65. The molecule has 1 aliphatic rings. The summed E-state index contributed by atoms with van der Waals surface area (Å²) in [5.41, 5.74) is 0.902. The van der Waals surface area contributed by atoms with Crippen LogP contribution in [0.15, 0.2) is 36.5 Å². The molecule has 1 aromatic carbocycles. The van der Waals surface area contributed by atoms with Crippen LogP contribution in [0.3, 0.4) is 0 Å². The third-order valence-electron chi connectivity index (χ3n) is 5.05. The lowest BCUT2D eigenvalue weighted by atomic mass is 10.0. The molecule has 5 heteroatoms. The number of rotatable bonds is 4. The second kappa shape index (κ2) is 7.18. The minimum Gasteiger partial charge on any atom is -0.343 e. The highest BCUT2D eigenvalue weighted by molar-refractivity contribution is 5.93. The predicted molar refractivity (Wildman–Crippen MR) is 95.1 cm³/mol. The third kappa shape index (κ3) is 3.51. The molecule has 0 radical (unpaired) electrons. The Labute approximate surface area is 142 Å². The van der Waals surface area contributed by atoms with Crippen molar-refractivity contribution in [3.63, 3.8) is 0 Å². The first-order valence-electron chi connectivity index (χ1n) is 8.60. The van der Waals surface area contributed by atoms with Crippen molar-refractivity contribution in [3.8, 4) is 0 Å². The van der Waals surface area contributed by atoms with Crippen LogP contribution in [-0.2, 0) is 4.79 Å². The molecule has 2 heterocycles. The Morgan fingerprint density at radius 3 is 2.58 bits per heavy atom. The molecule has 128 valence electrons. The van der Waals surface area contributed by atoms with E-state index in [1.807, 2.05) is 42.3 Å². The Morgan fingerprint density at radius 1 is 1.12 bits per heavy atom. The van der Waals surface area contributed by atoms with Gasteiger partial charge in [0.15, 0.2) is 0 Å². The molecule has 0 atom stereocenters. The molecular weight excluding hydrogens is 302 g/mol. The third-order valence-corrected chi connectivity index (χ3v) is 5.05. The molecular formula is C19H25N3O2. The number of fused-ring (bicyclic) bond motifs is 1. The molecule has 3 rings (SSSR count).